The molecule has 0 aliphatic heterocycles. The largest absolute Gasteiger partial charge is 0.508 e. The predicted molar refractivity (Wildman–Crippen MR) is 120 cm³/mol. The second-order valence-electron chi connectivity index (χ2n) is 8.75. The van der Waals surface area contributed by atoms with Gasteiger partial charge in [-0.15, -0.1) is 0 Å². The number of benzene rings is 1. The smallest absolute Gasteiger partial charge is 0.408 e. The highest BCUT2D eigenvalue weighted by Crippen LogP contribution is 2.26. The minimum atomic E-state index is -0.943. The number of aromatic hydroxyl groups is 1. The van der Waals surface area contributed by atoms with Gasteiger partial charge in [-0.1, -0.05) is 31.9 Å². The summed E-state index contributed by atoms with van der Waals surface area (Å²) in [6.07, 6.45) is 2.15. The predicted octanol–water partition coefficient (Wildman–Crippen LogP) is 3.50. The number of carbonyl (C=O) groups excluding carboxylic acids is 3. The molecule has 0 heterocycles. The van der Waals surface area contributed by atoms with Crippen LogP contribution in [0.25, 0.3) is 0 Å². The first-order valence-corrected chi connectivity index (χ1v) is 10.8. The average molecular weight is 436 g/mol. The normalized spacial score (nSPS) is 12.2. The maximum absolute atomic E-state index is 13.1. The third-order valence-electron chi connectivity index (χ3n) is 4.42. The molecule has 0 aliphatic rings. The molecule has 1 atom stereocenters. The third kappa shape index (κ3) is 9.27. The standard InChI is InChI=1S/C23H37N3O5/c1-7-8-9-13-24-21(29)20(17-11-10-12-18(27)14-17)26(16(2)3)19(28)15-25-22(30)31-23(4,5)6/h10-12,14,16,20,27H,7-9,13,15H2,1-6H3,(H,24,29)(H,25,30). The van der Waals surface area contributed by atoms with Crippen LogP contribution in [-0.2, 0) is 14.3 Å². The van der Waals surface area contributed by atoms with Gasteiger partial charge >= 0.3 is 6.09 Å². The second-order valence-corrected chi connectivity index (χ2v) is 8.75. The summed E-state index contributed by atoms with van der Waals surface area (Å²) in [6.45, 7) is 11.1. The van der Waals surface area contributed by atoms with Gasteiger partial charge in [0.25, 0.3) is 0 Å². The summed E-state index contributed by atoms with van der Waals surface area (Å²) in [4.78, 5) is 39.5. The van der Waals surface area contributed by atoms with Crippen LogP contribution >= 0.6 is 0 Å². The Bertz CT molecular complexity index is 743. The summed E-state index contributed by atoms with van der Waals surface area (Å²) in [6, 6.07) is 5.03. The van der Waals surface area contributed by atoms with Crippen LogP contribution < -0.4 is 10.6 Å². The summed E-state index contributed by atoms with van der Waals surface area (Å²) >= 11 is 0. The first-order chi connectivity index (χ1) is 14.5. The van der Waals surface area contributed by atoms with E-state index in [2.05, 4.69) is 17.6 Å². The van der Waals surface area contributed by atoms with E-state index in [4.69, 9.17) is 4.74 Å². The van der Waals surface area contributed by atoms with Crippen molar-refractivity contribution >= 4 is 17.9 Å². The SMILES string of the molecule is CCCCCNC(=O)C(c1cccc(O)c1)N(C(=O)CNC(=O)OC(C)(C)C)C(C)C. The Balaban J connectivity index is 3.07. The van der Waals surface area contributed by atoms with E-state index in [0.717, 1.165) is 19.3 Å². The first-order valence-electron chi connectivity index (χ1n) is 10.8. The molecular weight excluding hydrogens is 398 g/mol. The second kappa shape index (κ2) is 12.2. The van der Waals surface area contributed by atoms with Crippen molar-refractivity contribution in [2.75, 3.05) is 13.1 Å². The van der Waals surface area contributed by atoms with E-state index >= 15 is 0 Å². The number of phenols is 1. The molecule has 3 N–H and O–H groups in total. The number of nitrogens with zero attached hydrogens (tertiary/aromatic N) is 1. The maximum Gasteiger partial charge on any atom is 0.408 e. The van der Waals surface area contributed by atoms with E-state index in [-0.39, 0.29) is 24.2 Å². The molecule has 174 valence electrons. The van der Waals surface area contributed by atoms with Gasteiger partial charge in [0.05, 0.1) is 0 Å². The molecule has 0 radical (unpaired) electrons. The summed E-state index contributed by atoms with van der Waals surface area (Å²) in [5, 5.41) is 15.3. The Kier molecular flexibility index (Phi) is 10.3. The van der Waals surface area contributed by atoms with Gasteiger partial charge in [0, 0.05) is 12.6 Å². The van der Waals surface area contributed by atoms with Crippen molar-refractivity contribution in [3.63, 3.8) is 0 Å². The number of carbonyl (C=O) groups is 3. The van der Waals surface area contributed by atoms with Crippen molar-refractivity contribution in [3.05, 3.63) is 29.8 Å². The number of rotatable bonds is 10. The maximum atomic E-state index is 13.1. The number of hydrogen-bond donors (Lipinski definition) is 3. The zero-order chi connectivity index (χ0) is 23.6. The summed E-state index contributed by atoms with van der Waals surface area (Å²) in [5.41, 5.74) is -0.194. The summed E-state index contributed by atoms with van der Waals surface area (Å²) in [5.74, 6) is -0.761. The molecule has 0 bridgehead atoms. The Morgan fingerprint density at radius 2 is 1.81 bits per heavy atom. The third-order valence-corrected chi connectivity index (χ3v) is 4.42. The Labute approximate surface area is 185 Å². The topological polar surface area (TPSA) is 108 Å². The van der Waals surface area contributed by atoms with Gasteiger partial charge in [-0.3, -0.25) is 9.59 Å². The number of ether oxygens (including phenoxy) is 1. The van der Waals surface area contributed by atoms with E-state index in [1.807, 2.05) is 0 Å². The van der Waals surface area contributed by atoms with E-state index in [0.29, 0.717) is 12.1 Å². The minimum absolute atomic E-state index is 0.00400. The molecule has 1 rings (SSSR count). The molecule has 0 spiro atoms. The molecule has 1 aromatic carbocycles. The lowest BCUT2D eigenvalue weighted by molar-refractivity contribution is -0.142. The monoisotopic (exact) mass is 435 g/mol. The molecule has 0 saturated heterocycles. The van der Waals surface area contributed by atoms with Gasteiger partial charge in [0.1, 0.15) is 23.9 Å². The molecule has 3 amide bonds. The molecular formula is C23H37N3O5. The zero-order valence-corrected chi connectivity index (χ0v) is 19.5. The lowest BCUT2D eigenvalue weighted by Crippen LogP contribution is -2.50. The van der Waals surface area contributed by atoms with Crippen LogP contribution in [0.1, 0.15) is 72.4 Å². The van der Waals surface area contributed by atoms with Gasteiger partial charge in [-0.25, -0.2) is 4.79 Å². The highest BCUT2D eigenvalue weighted by Gasteiger charge is 2.33. The van der Waals surface area contributed by atoms with Crippen LogP contribution in [0.3, 0.4) is 0 Å². The zero-order valence-electron chi connectivity index (χ0n) is 19.5. The van der Waals surface area contributed by atoms with Crippen molar-refractivity contribution in [2.45, 2.75) is 78.5 Å². The Morgan fingerprint density at radius 1 is 1.13 bits per heavy atom. The van der Waals surface area contributed by atoms with Crippen molar-refractivity contribution in [1.82, 2.24) is 15.5 Å². The number of unbranched alkanes of at least 4 members (excludes halogenated alkanes) is 2. The number of amides is 3. The highest BCUT2D eigenvalue weighted by atomic mass is 16.6. The first kappa shape index (κ1) is 26.3. The number of phenolic OH excluding ortho intramolecular Hbond substituents is 1. The fourth-order valence-corrected chi connectivity index (χ4v) is 3.10. The van der Waals surface area contributed by atoms with Gasteiger partial charge < -0.3 is 25.4 Å². The van der Waals surface area contributed by atoms with Crippen LogP contribution in [-0.4, -0.2) is 52.6 Å². The fraction of sp³-hybridized carbons (Fsp3) is 0.609. The van der Waals surface area contributed by atoms with E-state index < -0.39 is 23.6 Å². The van der Waals surface area contributed by atoms with Crippen molar-refractivity contribution in [3.8, 4) is 5.75 Å². The van der Waals surface area contributed by atoms with E-state index in [1.54, 1.807) is 46.8 Å². The van der Waals surface area contributed by atoms with Gasteiger partial charge in [0.2, 0.25) is 11.8 Å². The van der Waals surface area contributed by atoms with Gasteiger partial charge in [0.15, 0.2) is 0 Å². The fourth-order valence-electron chi connectivity index (χ4n) is 3.10. The molecule has 1 aromatic rings. The molecule has 31 heavy (non-hydrogen) atoms. The average Bonchev–Trinajstić information content (AvgIpc) is 2.65. The molecule has 8 heteroatoms. The quantitative estimate of drug-likeness (QED) is 0.488. The minimum Gasteiger partial charge on any atom is -0.508 e. The Morgan fingerprint density at radius 3 is 2.35 bits per heavy atom. The molecule has 0 aliphatic carbocycles. The van der Waals surface area contributed by atoms with Crippen LogP contribution in [0.4, 0.5) is 4.79 Å². The molecule has 0 aromatic heterocycles. The molecule has 0 saturated carbocycles. The van der Waals surface area contributed by atoms with E-state index in [1.165, 1.54) is 17.0 Å². The summed E-state index contributed by atoms with van der Waals surface area (Å²) in [7, 11) is 0. The van der Waals surface area contributed by atoms with Crippen LogP contribution in [0.5, 0.6) is 5.75 Å². The molecule has 1 unspecified atom stereocenters. The Hall–Kier alpha value is -2.77. The van der Waals surface area contributed by atoms with Gasteiger partial charge in [-0.05, 0) is 58.7 Å². The highest BCUT2D eigenvalue weighted by molar-refractivity contribution is 5.90. The van der Waals surface area contributed by atoms with Crippen LogP contribution in [0, 0.1) is 0 Å². The number of nitrogens with one attached hydrogen (secondary N) is 2. The molecule has 8 nitrogen and oxygen atoms in total. The van der Waals surface area contributed by atoms with Crippen LogP contribution in [0.2, 0.25) is 0 Å². The van der Waals surface area contributed by atoms with Crippen molar-refractivity contribution in [1.29, 1.82) is 0 Å². The van der Waals surface area contributed by atoms with Crippen LogP contribution in [0.15, 0.2) is 24.3 Å². The molecule has 0 fully saturated rings. The number of hydrogen-bond acceptors (Lipinski definition) is 5. The van der Waals surface area contributed by atoms with Crippen molar-refractivity contribution < 1.29 is 24.2 Å². The van der Waals surface area contributed by atoms with Gasteiger partial charge in [-0.2, -0.15) is 0 Å². The lowest BCUT2D eigenvalue weighted by atomic mass is 10.0. The number of alkyl carbamates (subject to hydrolysis) is 1. The lowest BCUT2D eigenvalue weighted by Gasteiger charge is -2.34. The van der Waals surface area contributed by atoms with E-state index in [9.17, 15) is 19.5 Å². The summed E-state index contributed by atoms with van der Waals surface area (Å²) < 4.78 is 5.18. The van der Waals surface area contributed by atoms with Crippen molar-refractivity contribution in [2.24, 2.45) is 0 Å².